The minimum atomic E-state index is -0.464. The van der Waals surface area contributed by atoms with Gasteiger partial charge in [-0.25, -0.2) is 4.39 Å². The van der Waals surface area contributed by atoms with Crippen LogP contribution in [0.2, 0.25) is 5.02 Å². The number of nitrogens with two attached hydrogens (primary N) is 2. The van der Waals surface area contributed by atoms with Crippen LogP contribution in [0.5, 0.6) is 0 Å². The van der Waals surface area contributed by atoms with Crippen molar-refractivity contribution in [3.63, 3.8) is 0 Å². The van der Waals surface area contributed by atoms with Gasteiger partial charge in [0.1, 0.15) is 11.6 Å². The molecule has 3 rings (SSSR count). The number of para-hydroxylation sites is 1. The third-order valence-electron chi connectivity index (χ3n) is 3.11. The first kappa shape index (κ1) is 11.9. The Morgan fingerprint density at radius 3 is 2.53 bits per heavy atom. The summed E-state index contributed by atoms with van der Waals surface area (Å²) in [5, 5.41) is 0.911. The van der Waals surface area contributed by atoms with E-state index in [2.05, 4.69) is 0 Å². The van der Waals surface area contributed by atoms with Gasteiger partial charge >= 0.3 is 0 Å². The highest BCUT2D eigenvalue weighted by Crippen LogP contribution is 2.34. The van der Waals surface area contributed by atoms with Crippen LogP contribution in [0.25, 0.3) is 16.6 Å². The summed E-state index contributed by atoms with van der Waals surface area (Å²) in [5.41, 5.74) is 14.1. The lowest BCUT2D eigenvalue weighted by atomic mass is 10.2. The van der Waals surface area contributed by atoms with Gasteiger partial charge in [0.05, 0.1) is 16.2 Å². The average molecular weight is 276 g/mol. The summed E-state index contributed by atoms with van der Waals surface area (Å²) >= 11 is 5.81. The van der Waals surface area contributed by atoms with Gasteiger partial charge in [-0.05, 0) is 24.3 Å². The first-order chi connectivity index (χ1) is 9.09. The number of halogens is 2. The highest BCUT2D eigenvalue weighted by molar-refractivity contribution is 6.30. The lowest BCUT2D eigenvalue weighted by Crippen LogP contribution is -2.01. The van der Waals surface area contributed by atoms with Crippen LogP contribution in [0.3, 0.4) is 0 Å². The average Bonchev–Trinajstić information content (AvgIpc) is 2.66. The lowest BCUT2D eigenvalue weighted by molar-refractivity contribution is 0.628. The number of anilines is 2. The zero-order chi connectivity index (χ0) is 13.6. The van der Waals surface area contributed by atoms with Gasteiger partial charge in [-0.3, -0.25) is 4.57 Å². The van der Waals surface area contributed by atoms with Crippen LogP contribution in [0.4, 0.5) is 15.9 Å². The zero-order valence-corrected chi connectivity index (χ0v) is 10.7. The summed E-state index contributed by atoms with van der Waals surface area (Å²) in [6.07, 6.45) is 0. The van der Waals surface area contributed by atoms with E-state index in [9.17, 15) is 4.39 Å². The maximum absolute atomic E-state index is 13.2. The Balaban J connectivity index is 2.36. The molecule has 0 saturated heterocycles. The summed E-state index contributed by atoms with van der Waals surface area (Å²) in [6.45, 7) is 0. The van der Waals surface area contributed by atoms with E-state index < -0.39 is 5.82 Å². The zero-order valence-electron chi connectivity index (χ0n) is 9.90. The number of benzene rings is 2. The fraction of sp³-hybridized carbons (Fsp3) is 0. The van der Waals surface area contributed by atoms with Gasteiger partial charge in [0.2, 0.25) is 0 Å². The minimum absolute atomic E-state index is 0.0493. The second kappa shape index (κ2) is 4.17. The molecule has 0 unspecified atom stereocenters. The standard InChI is InChI=1S/C14H11ClFN3/c15-10-7-8(5-6-11(10)16)19-12-4-2-1-3-9(12)13(17)14(19)18/h1-7H,17-18H2. The number of aromatic nitrogens is 1. The molecule has 0 aliphatic carbocycles. The second-order valence-electron chi connectivity index (χ2n) is 4.25. The summed E-state index contributed by atoms with van der Waals surface area (Å²) in [6, 6.07) is 12.0. The Morgan fingerprint density at radius 1 is 1.05 bits per heavy atom. The molecule has 0 spiro atoms. The van der Waals surface area contributed by atoms with Crippen molar-refractivity contribution in [3.8, 4) is 5.69 Å². The minimum Gasteiger partial charge on any atom is -0.395 e. The Kier molecular flexibility index (Phi) is 2.61. The lowest BCUT2D eigenvalue weighted by Gasteiger charge is -2.08. The largest absolute Gasteiger partial charge is 0.395 e. The normalized spacial score (nSPS) is 11.1. The topological polar surface area (TPSA) is 57.0 Å². The summed E-state index contributed by atoms with van der Waals surface area (Å²) in [7, 11) is 0. The van der Waals surface area contributed by atoms with Gasteiger partial charge in [-0.2, -0.15) is 0 Å². The van der Waals surface area contributed by atoms with E-state index in [4.69, 9.17) is 23.1 Å². The smallest absolute Gasteiger partial charge is 0.141 e. The van der Waals surface area contributed by atoms with Crippen LogP contribution in [0.15, 0.2) is 42.5 Å². The first-order valence-corrected chi connectivity index (χ1v) is 6.07. The number of fused-ring (bicyclic) bond motifs is 1. The molecule has 0 saturated carbocycles. The molecule has 0 aliphatic rings. The molecule has 1 heterocycles. The Bertz CT molecular complexity index is 780. The van der Waals surface area contributed by atoms with E-state index in [-0.39, 0.29) is 5.02 Å². The molecular weight excluding hydrogens is 265 g/mol. The van der Waals surface area contributed by atoms with Gasteiger partial charge in [-0.1, -0.05) is 29.8 Å². The third-order valence-corrected chi connectivity index (χ3v) is 3.40. The molecule has 0 bridgehead atoms. The molecule has 0 atom stereocenters. The van der Waals surface area contributed by atoms with Crippen molar-refractivity contribution in [3.05, 3.63) is 53.3 Å². The highest BCUT2D eigenvalue weighted by Gasteiger charge is 2.14. The molecule has 0 amide bonds. The van der Waals surface area contributed by atoms with Crippen LogP contribution >= 0.6 is 11.6 Å². The number of hydrogen-bond donors (Lipinski definition) is 2. The van der Waals surface area contributed by atoms with Crippen molar-refractivity contribution in [2.24, 2.45) is 0 Å². The van der Waals surface area contributed by atoms with Crippen molar-refractivity contribution in [2.75, 3.05) is 11.5 Å². The Morgan fingerprint density at radius 2 is 1.79 bits per heavy atom. The fourth-order valence-electron chi connectivity index (χ4n) is 2.19. The molecular formula is C14H11ClFN3. The van der Waals surface area contributed by atoms with E-state index in [1.54, 1.807) is 10.6 Å². The molecule has 0 fully saturated rings. The first-order valence-electron chi connectivity index (χ1n) is 5.69. The van der Waals surface area contributed by atoms with E-state index in [0.29, 0.717) is 17.2 Å². The molecule has 19 heavy (non-hydrogen) atoms. The number of nitrogens with zero attached hydrogens (tertiary/aromatic N) is 1. The van der Waals surface area contributed by atoms with Crippen molar-refractivity contribution >= 4 is 34.0 Å². The second-order valence-corrected chi connectivity index (χ2v) is 4.66. The van der Waals surface area contributed by atoms with E-state index in [0.717, 1.165) is 10.9 Å². The number of rotatable bonds is 1. The van der Waals surface area contributed by atoms with Gasteiger partial charge in [0.25, 0.3) is 0 Å². The summed E-state index contributed by atoms with van der Waals surface area (Å²) in [5.74, 6) is -0.0442. The van der Waals surface area contributed by atoms with Gasteiger partial charge in [0.15, 0.2) is 0 Å². The van der Waals surface area contributed by atoms with E-state index >= 15 is 0 Å². The van der Waals surface area contributed by atoms with Gasteiger partial charge < -0.3 is 11.5 Å². The molecule has 0 aliphatic heterocycles. The number of hydrogen-bond acceptors (Lipinski definition) is 2. The third kappa shape index (κ3) is 1.72. The molecule has 3 aromatic rings. The van der Waals surface area contributed by atoms with Crippen LogP contribution < -0.4 is 11.5 Å². The summed E-state index contributed by atoms with van der Waals surface area (Å²) in [4.78, 5) is 0. The molecule has 4 N–H and O–H groups in total. The molecule has 2 aromatic carbocycles. The van der Waals surface area contributed by atoms with Gasteiger partial charge in [-0.15, -0.1) is 0 Å². The van der Waals surface area contributed by atoms with Crippen molar-refractivity contribution in [1.82, 2.24) is 4.57 Å². The Hall–Kier alpha value is -2.20. The quantitative estimate of drug-likeness (QED) is 0.713. The number of nitrogen functional groups attached to an aromatic ring is 2. The predicted molar refractivity (Wildman–Crippen MR) is 77.1 cm³/mol. The Labute approximate surface area is 114 Å². The molecule has 0 radical (unpaired) electrons. The van der Waals surface area contributed by atoms with Crippen LogP contribution in [0, 0.1) is 5.82 Å². The monoisotopic (exact) mass is 275 g/mol. The maximum Gasteiger partial charge on any atom is 0.141 e. The molecule has 96 valence electrons. The molecule has 3 nitrogen and oxygen atoms in total. The van der Waals surface area contributed by atoms with Crippen molar-refractivity contribution in [2.45, 2.75) is 0 Å². The van der Waals surface area contributed by atoms with Crippen LogP contribution in [0.1, 0.15) is 0 Å². The highest BCUT2D eigenvalue weighted by atomic mass is 35.5. The summed E-state index contributed by atoms with van der Waals surface area (Å²) < 4.78 is 15.0. The maximum atomic E-state index is 13.2. The van der Waals surface area contributed by atoms with Crippen LogP contribution in [-0.4, -0.2) is 4.57 Å². The van der Waals surface area contributed by atoms with Crippen molar-refractivity contribution in [1.29, 1.82) is 0 Å². The predicted octanol–water partition coefficient (Wildman–Crippen LogP) is 3.59. The van der Waals surface area contributed by atoms with Crippen LogP contribution in [-0.2, 0) is 0 Å². The fourth-order valence-corrected chi connectivity index (χ4v) is 2.36. The van der Waals surface area contributed by atoms with Gasteiger partial charge in [0, 0.05) is 11.1 Å². The molecule has 5 heteroatoms. The van der Waals surface area contributed by atoms with E-state index in [1.807, 2.05) is 24.3 Å². The molecule has 1 aromatic heterocycles. The van der Waals surface area contributed by atoms with Crippen molar-refractivity contribution < 1.29 is 4.39 Å². The SMILES string of the molecule is Nc1c(N)n(-c2ccc(F)c(Cl)c2)c2ccccc12. The van der Waals surface area contributed by atoms with E-state index in [1.165, 1.54) is 12.1 Å².